The summed E-state index contributed by atoms with van der Waals surface area (Å²) in [5.74, 6) is -2.02. The van der Waals surface area contributed by atoms with Crippen LogP contribution in [0.5, 0.6) is 0 Å². The number of nitrogens with zero attached hydrogens (tertiary/aromatic N) is 3. The first kappa shape index (κ1) is 20.0. The lowest BCUT2D eigenvalue weighted by atomic mass is 9.97. The van der Waals surface area contributed by atoms with Gasteiger partial charge in [-0.2, -0.15) is 0 Å². The van der Waals surface area contributed by atoms with Crippen molar-refractivity contribution in [2.45, 2.75) is 32.9 Å². The van der Waals surface area contributed by atoms with Gasteiger partial charge in [0.2, 0.25) is 0 Å². The Kier molecular flexibility index (Phi) is 5.21. The number of imide groups is 1. The van der Waals surface area contributed by atoms with Crippen LogP contribution in [0.1, 0.15) is 46.7 Å². The van der Waals surface area contributed by atoms with Crippen molar-refractivity contribution in [2.75, 3.05) is 0 Å². The highest BCUT2D eigenvalue weighted by atomic mass is 32.1. The molecule has 2 amide bonds. The molecule has 0 spiro atoms. The number of fused-ring (bicyclic) bond motifs is 2. The van der Waals surface area contributed by atoms with Gasteiger partial charge < -0.3 is 4.74 Å². The Labute approximate surface area is 175 Å². The molecule has 0 N–H and O–H groups in total. The number of rotatable bonds is 6. The van der Waals surface area contributed by atoms with Crippen molar-refractivity contribution >= 4 is 34.1 Å². The minimum absolute atomic E-state index is 0.224. The number of aromatic nitrogens is 2. The van der Waals surface area contributed by atoms with Gasteiger partial charge in [0.1, 0.15) is 12.6 Å². The Morgan fingerprint density at radius 3 is 2.47 bits per heavy atom. The normalized spacial score (nSPS) is 15.3. The summed E-state index contributed by atoms with van der Waals surface area (Å²) in [5, 5.41) is 1.74. The maximum absolute atomic E-state index is 13.0. The maximum Gasteiger partial charge on any atom is 0.330 e. The molecule has 0 aliphatic carbocycles. The minimum atomic E-state index is -1.06. The van der Waals surface area contributed by atoms with Crippen molar-refractivity contribution in [3.63, 3.8) is 0 Å². The molecule has 154 valence electrons. The number of hydrogen-bond acceptors (Lipinski definition) is 7. The molecule has 0 radical (unpaired) electrons. The van der Waals surface area contributed by atoms with Crippen molar-refractivity contribution in [3.8, 4) is 0 Å². The van der Waals surface area contributed by atoms with E-state index in [2.05, 4.69) is 4.98 Å². The molecule has 4 rings (SSSR count). The van der Waals surface area contributed by atoms with Crippen LogP contribution in [-0.2, 0) is 16.1 Å². The van der Waals surface area contributed by atoms with Gasteiger partial charge in [-0.1, -0.05) is 32.4 Å². The van der Waals surface area contributed by atoms with Gasteiger partial charge in [0.25, 0.3) is 17.4 Å². The van der Waals surface area contributed by atoms with Gasteiger partial charge in [0.15, 0.2) is 4.96 Å². The van der Waals surface area contributed by atoms with Crippen molar-refractivity contribution in [1.29, 1.82) is 0 Å². The molecule has 1 aliphatic heterocycles. The van der Waals surface area contributed by atoms with E-state index in [0.29, 0.717) is 17.1 Å². The Morgan fingerprint density at radius 2 is 1.83 bits per heavy atom. The smallest absolute Gasteiger partial charge is 0.330 e. The van der Waals surface area contributed by atoms with Crippen molar-refractivity contribution < 1.29 is 19.1 Å². The minimum Gasteiger partial charge on any atom is -0.458 e. The number of ether oxygens (including phenoxy) is 1. The lowest BCUT2D eigenvalue weighted by Gasteiger charge is -2.28. The first-order chi connectivity index (χ1) is 14.4. The molecule has 1 aliphatic rings. The fourth-order valence-corrected chi connectivity index (χ4v) is 4.21. The SMILES string of the molecule is CC[C@H](C)[C@@H](C(=O)OCc1cc(=O)n2ccsc2n1)N1C(=O)c2ccccc2C1=O. The van der Waals surface area contributed by atoms with Crippen LogP contribution in [-0.4, -0.2) is 38.1 Å². The second kappa shape index (κ2) is 7.83. The average Bonchev–Trinajstić information content (AvgIpc) is 3.32. The third kappa shape index (κ3) is 3.30. The van der Waals surface area contributed by atoms with Gasteiger partial charge in [-0.15, -0.1) is 11.3 Å². The predicted molar refractivity (Wildman–Crippen MR) is 109 cm³/mol. The van der Waals surface area contributed by atoms with Gasteiger partial charge in [-0.25, -0.2) is 9.78 Å². The molecule has 30 heavy (non-hydrogen) atoms. The molecule has 0 bridgehead atoms. The number of esters is 1. The topological polar surface area (TPSA) is 98.1 Å². The molecule has 0 saturated carbocycles. The monoisotopic (exact) mass is 425 g/mol. The van der Waals surface area contributed by atoms with Gasteiger partial charge >= 0.3 is 5.97 Å². The molecular formula is C21H19N3O5S. The van der Waals surface area contributed by atoms with Crippen LogP contribution in [0.25, 0.3) is 4.96 Å². The van der Waals surface area contributed by atoms with E-state index in [1.807, 2.05) is 6.92 Å². The van der Waals surface area contributed by atoms with Crippen molar-refractivity contribution in [3.05, 3.63) is 69.1 Å². The highest BCUT2D eigenvalue weighted by Crippen LogP contribution is 2.28. The molecule has 2 atom stereocenters. The number of carbonyl (C=O) groups is 3. The summed E-state index contributed by atoms with van der Waals surface area (Å²) in [6.45, 7) is 3.44. The number of thiazole rings is 1. The van der Waals surface area contributed by atoms with Crippen LogP contribution in [0.4, 0.5) is 0 Å². The molecule has 1 aromatic carbocycles. The number of carbonyl (C=O) groups excluding carboxylic acids is 3. The summed E-state index contributed by atoms with van der Waals surface area (Å²) in [6, 6.07) is 6.73. The van der Waals surface area contributed by atoms with E-state index in [9.17, 15) is 19.2 Å². The highest BCUT2D eigenvalue weighted by Gasteiger charge is 2.45. The molecule has 0 saturated heterocycles. The summed E-state index contributed by atoms with van der Waals surface area (Å²) < 4.78 is 6.81. The second-order valence-electron chi connectivity index (χ2n) is 7.11. The van der Waals surface area contributed by atoms with Gasteiger partial charge in [0.05, 0.1) is 16.8 Å². The van der Waals surface area contributed by atoms with Gasteiger partial charge in [0, 0.05) is 17.6 Å². The Hall–Kier alpha value is -3.33. The van der Waals surface area contributed by atoms with E-state index < -0.39 is 23.8 Å². The molecule has 8 nitrogen and oxygen atoms in total. The van der Waals surface area contributed by atoms with E-state index in [-0.39, 0.29) is 29.2 Å². The lowest BCUT2D eigenvalue weighted by molar-refractivity contribution is -0.151. The number of hydrogen-bond donors (Lipinski definition) is 0. The van der Waals surface area contributed by atoms with E-state index in [4.69, 9.17) is 4.74 Å². The van der Waals surface area contributed by atoms with E-state index in [0.717, 1.165) is 4.90 Å². The van der Waals surface area contributed by atoms with Crippen LogP contribution in [0.3, 0.4) is 0 Å². The number of benzene rings is 1. The zero-order valence-electron chi connectivity index (χ0n) is 16.4. The summed E-state index contributed by atoms with van der Waals surface area (Å²) >= 11 is 1.29. The van der Waals surface area contributed by atoms with Crippen LogP contribution in [0.15, 0.2) is 46.7 Å². The number of amides is 2. The Morgan fingerprint density at radius 1 is 1.17 bits per heavy atom. The van der Waals surface area contributed by atoms with E-state index >= 15 is 0 Å². The third-order valence-electron chi connectivity index (χ3n) is 5.25. The molecular weight excluding hydrogens is 406 g/mol. The Balaban J connectivity index is 1.58. The Bertz CT molecular complexity index is 1180. The third-order valence-corrected chi connectivity index (χ3v) is 6.00. The van der Waals surface area contributed by atoms with Crippen LogP contribution in [0, 0.1) is 5.92 Å². The fourth-order valence-electron chi connectivity index (χ4n) is 3.47. The van der Waals surface area contributed by atoms with E-state index in [1.54, 1.807) is 42.8 Å². The van der Waals surface area contributed by atoms with Crippen LogP contribution < -0.4 is 5.56 Å². The molecule has 2 aromatic heterocycles. The molecule has 9 heteroatoms. The average molecular weight is 425 g/mol. The van der Waals surface area contributed by atoms with Crippen molar-refractivity contribution in [1.82, 2.24) is 14.3 Å². The molecule has 3 heterocycles. The first-order valence-corrected chi connectivity index (χ1v) is 10.4. The lowest BCUT2D eigenvalue weighted by Crippen LogP contribution is -2.49. The van der Waals surface area contributed by atoms with Crippen LogP contribution >= 0.6 is 11.3 Å². The van der Waals surface area contributed by atoms with Gasteiger partial charge in [-0.05, 0) is 18.1 Å². The quantitative estimate of drug-likeness (QED) is 0.445. The summed E-state index contributed by atoms with van der Waals surface area (Å²) in [7, 11) is 0. The molecule has 3 aromatic rings. The van der Waals surface area contributed by atoms with Gasteiger partial charge in [-0.3, -0.25) is 23.7 Å². The zero-order valence-corrected chi connectivity index (χ0v) is 17.2. The first-order valence-electron chi connectivity index (χ1n) is 9.51. The summed E-state index contributed by atoms with van der Waals surface area (Å²) in [6.07, 6.45) is 2.18. The summed E-state index contributed by atoms with van der Waals surface area (Å²) in [5.41, 5.74) is 0.593. The molecule has 0 unspecified atom stereocenters. The maximum atomic E-state index is 13.0. The largest absolute Gasteiger partial charge is 0.458 e. The fraction of sp³-hybridized carbons (Fsp3) is 0.286. The standard InChI is InChI=1S/C21H19N3O5S/c1-3-12(2)17(24-18(26)14-6-4-5-7-15(14)19(24)27)20(28)29-11-13-10-16(25)23-8-9-30-21(23)22-13/h4-10,12,17H,3,11H2,1-2H3/t12-,17-/m0/s1. The van der Waals surface area contributed by atoms with Crippen LogP contribution in [0.2, 0.25) is 0 Å². The van der Waals surface area contributed by atoms with E-state index in [1.165, 1.54) is 21.8 Å². The van der Waals surface area contributed by atoms with Crippen molar-refractivity contribution in [2.24, 2.45) is 5.92 Å². The highest BCUT2D eigenvalue weighted by molar-refractivity contribution is 7.15. The summed E-state index contributed by atoms with van der Waals surface area (Å²) in [4.78, 5) is 56.6. The second-order valence-corrected chi connectivity index (χ2v) is 7.98. The zero-order chi connectivity index (χ0) is 21.4. The molecule has 0 fully saturated rings. The predicted octanol–water partition coefficient (Wildman–Crippen LogP) is 2.51.